The number of esters is 1. The van der Waals surface area contributed by atoms with Crippen molar-refractivity contribution in [2.24, 2.45) is 11.3 Å². The Labute approximate surface area is 112 Å². The molecule has 0 heterocycles. The van der Waals surface area contributed by atoms with Crippen molar-refractivity contribution in [3.05, 3.63) is 0 Å². The summed E-state index contributed by atoms with van der Waals surface area (Å²) in [6.45, 7) is 10.8. The Morgan fingerprint density at radius 1 is 1.28 bits per heavy atom. The minimum Gasteiger partial charge on any atom is -0.459 e. The minimum atomic E-state index is -0.137. The zero-order chi connectivity index (χ0) is 13.8. The Bertz CT molecular complexity index is 275. The fourth-order valence-electron chi connectivity index (χ4n) is 2.92. The van der Waals surface area contributed by atoms with Gasteiger partial charge in [0.25, 0.3) is 0 Å². The highest BCUT2D eigenvalue weighted by Crippen LogP contribution is 2.37. The minimum absolute atomic E-state index is 0.0141. The molecule has 0 N–H and O–H groups in total. The molecule has 2 heteroatoms. The van der Waals surface area contributed by atoms with Crippen LogP contribution in [0.1, 0.15) is 79.6 Å². The summed E-state index contributed by atoms with van der Waals surface area (Å²) in [6, 6.07) is 0. The van der Waals surface area contributed by atoms with Crippen LogP contribution in [0.4, 0.5) is 0 Å². The van der Waals surface area contributed by atoms with Crippen molar-refractivity contribution in [1.82, 2.24) is 0 Å². The Balaban J connectivity index is 2.54. The van der Waals surface area contributed by atoms with E-state index in [-0.39, 0.29) is 22.9 Å². The van der Waals surface area contributed by atoms with Crippen LogP contribution in [0, 0.1) is 11.3 Å². The second-order valence-corrected chi connectivity index (χ2v) is 6.79. The van der Waals surface area contributed by atoms with Crippen molar-refractivity contribution in [2.75, 3.05) is 0 Å². The molecule has 0 saturated heterocycles. The van der Waals surface area contributed by atoms with Crippen molar-refractivity contribution in [1.29, 1.82) is 0 Å². The average Bonchev–Trinajstić information content (AvgIpc) is 2.77. The van der Waals surface area contributed by atoms with Gasteiger partial charge in [-0.25, -0.2) is 0 Å². The lowest BCUT2D eigenvalue weighted by Crippen LogP contribution is -2.34. The van der Waals surface area contributed by atoms with Gasteiger partial charge in [-0.1, -0.05) is 41.0 Å². The molecule has 0 amide bonds. The van der Waals surface area contributed by atoms with Crippen molar-refractivity contribution in [3.63, 3.8) is 0 Å². The molecule has 18 heavy (non-hydrogen) atoms. The molecule has 0 bridgehead atoms. The maximum absolute atomic E-state index is 12.2. The lowest BCUT2D eigenvalue weighted by Gasteiger charge is -2.31. The molecule has 0 aliphatic heterocycles. The van der Waals surface area contributed by atoms with E-state index in [4.69, 9.17) is 4.74 Å². The third-order valence-electron chi connectivity index (χ3n) is 4.69. The molecule has 1 fully saturated rings. The lowest BCUT2D eigenvalue weighted by atomic mass is 9.81. The van der Waals surface area contributed by atoms with Gasteiger partial charge in [-0.2, -0.15) is 0 Å². The molecule has 106 valence electrons. The van der Waals surface area contributed by atoms with Crippen LogP contribution in [0.5, 0.6) is 0 Å². The summed E-state index contributed by atoms with van der Waals surface area (Å²) in [5.41, 5.74) is 0.0925. The molecule has 1 aliphatic rings. The number of hydrogen-bond donors (Lipinski definition) is 0. The fourth-order valence-corrected chi connectivity index (χ4v) is 2.92. The monoisotopic (exact) mass is 254 g/mol. The normalized spacial score (nSPS) is 20.7. The molecule has 0 radical (unpaired) electrons. The summed E-state index contributed by atoms with van der Waals surface area (Å²) in [4.78, 5) is 12.2. The summed E-state index contributed by atoms with van der Waals surface area (Å²) >= 11 is 0. The standard InChI is InChI=1S/C16H30O2/c1-6-15(4,5)12-13(3)14(17)18-16(7-2)10-8-9-11-16/h13H,6-12H2,1-5H3. The van der Waals surface area contributed by atoms with E-state index in [1.807, 2.05) is 6.92 Å². The number of hydrogen-bond acceptors (Lipinski definition) is 2. The maximum atomic E-state index is 12.2. The molecule has 1 aliphatic carbocycles. The number of carbonyl (C=O) groups excluding carboxylic acids is 1. The quantitative estimate of drug-likeness (QED) is 0.641. The van der Waals surface area contributed by atoms with Gasteiger partial charge in [-0.3, -0.25) is 4.79 Å². The van der Waals surface area contributed by atoms with Gasteiger partial charge in [0, 0.05) is 0 Å². The second-order valence-electron chi connectivity index (χ2n) is 6.79. The Morgan fingerprint density at radius 2 is 1.83 bits per heavy atom. The van der Waals surface area contributed by atoms with Crippen LogP contribution in [-0.4, -0.2) is 11.6 Å². The molecule has 0 aromatic heterocycles. The van der Waals surface area contributed by atoms with Crippen LogP contribution in [0.2, 0.25) is 0 Å². The molecule has 1 atom stereocenters. The molecule has 0 spiro atoms. The molecule has 1 unspecified atom stereocenters. The van der Waals surface area contributed by atoms with Crippen LogP contribution in [0.3, 0.4) is 0 Å². The lowest BCUT2D eigenvalue weighted by molar-refractivity contribution is -0.165. The van der Waals surface area contributed by atoms with E-state index in [1.165, 1.54) is 12.8 Å². The molecule has 2 nitrogen and oxygen atoms in total. The highest BCUT2D eigenvalue weighted by Gasteiger charge is 2.37. The van der Waals surface area contributed by atoms with Gasteiger partial charge >= 0.3 is 5.97 Å². The number of rotatable bonds is 6. The van der Waals surface area contributed by atoms with Crippen molar-refractivity contribution < 1.29 is 9.53 Å². The maximum Gasteiger partial charge on any atom is 0.309 e. The van der Waals surface area contributed by atoms with Crippen molar-refractivity contribution in [3.8, 4) is 0 Å². The Morgan fingerprint density at radius 3 is 2.28 bits per heavy atom. The first kappa shape index (κ1) is 15.5. The average molecular weight is 254 g/mol. The first-order valence-electron chi connectivity index (χ1n) is 7.57. The topological polar surface area (TPSA) is 26.3 Å². The SMILES string of the molecule is CCC(C)(C)CC(C)C(=O)OC1(CC)CCCC1. The predicted octanol–water partition coefficient (Wildman–Crippen LogP) is 4.71. The summed E-state index contributed by atoms with van der Waals surface area (Å²) in [6.07, 6.45) is 7.50. The molecule has 0 aromatic carbocycles. The van der Waals surface area contributed by atoms with Gasteiger partial charge in [-0.15, -0.1) is 0 Å². The summed E-state index contributed by atoms with van der Waals surface area (Å²) in [7, 11) is 0. The smallest absolute Gasteiger partial charge is 0.309 e. The van der Waals surface area contributed by atoms with Crippen LogP contribution in [0.15, 0.2) is 0 Å². The fraction of sp³-hybridized carbons (Fsp3) is 0.938. The molecular formula is C16H30O2. The molecular weight excluding hydrogens is 224 g/mol. The Hall–Kier alpha value is -0.530. The van der Waals surface area contributed by atoms with Crippen LogP contribution >= 0.6 is 0 Å². The van der Waals surface area contributed by atoms with Crippen LogP contribution < -0.4 is 0 Å². The van der Waals surface area contributed by atoms with E-state index < -0.39 is 0 Å². The highest BCUT2D eigenvalue weighted by atomic mass is 16.6. The van der Waals surface area contributed by atoms with E-state index in [2.05, 4.69) is 27.7 Å². The first-order valence-corrected chi connectivity index (χ1v) is 7.57. The van der Waals surface area contributed by atoms with Crippen molar-refractivity contribution >= 4 is 5.97 Å². The van der Waals surface area contributed by atoms with E-state index in [9.17, 15) is 4.79 Å². The number of carbonyl (C=O) groups is 1. The van der Waals surface area contributed by atoms with Crippen LogP contribution in [-0.2, 0) is 9.53 Å². The van der Waals surface area contributed by atoms with E-state index in [0.717, 1.165) is 32.1 Å². The predicted molar refractivity (Wildman–Crippen MR) is 75.4 cm³/mol. The zero-order valence-electron chi connectivity index (χ0n) is 12.8. The second kappa shape index (κ2) is 6.08. The summed E-state index contributed by atoms with van der Waals surface area (Å²) in [5.74, 6) is 0.0317. The molecule has 1 rings (SSSR count). The van der Waals surface area contributed by atoms with E-state index in [1.54, 1.807) is 0 Å². The molecule has 1 saturated carbocycles. The largest absolute Gasteiger partial charge is 0.459 e. The summed E-state index contributed by atoms with van der Waals surface area (Å²) in [5, 5.41) is 0. The third kappa shape index (κ3) is 4.00. The van der Waals surface area contributed by atoms with Gasteiger partial charge in [0.05, 0.1) is 5.92 Å². The van der Waals surface area contributed by atoms with Crippen LogP contribution in [0.25, 0.3) is 0 Å². The van der Waals surface area contributed by atoms with Gasteiger partial charge in [0.15, 0.2) is 0 Å². The van der Waals surface area contributed by atoms with Gasteiger partial charge in [-0.05, 0) is 43.9 Å². The highest BCUT2D eigenvalue weighted by molar-refractivity contribution is 5.72. The zero-order valence-corrected chi connectivity index (χ0v) is 12.8. The summed E-state index contributed by atoms with van der Waals surface area (Å²) < 4.78 is 5.86. The van der Waals surface area contributed by atoms with E-state index >= 15 is 0 Å². The van der Waals surface area contributed by atoms with Gasteiger partial charge < -0.3 is 4.74 Å². The first-order chi connectivity index (χ1) is 8.34. The van der Waals surface area contributed by atoms with E-state index in [0.29, 0.717) is 0 Å². The third-order valence-corrected chi connectivity index (χ3v) is 4.69. The van der Waals surface area contributed by atoms with Gasteiger partial charge in [0.2, 0.25) is 0 Å². The number of ether oxygens (including phenoxy) is 1. The molecule has 0 aromatic rings. The van der Waals surface area contributed by atoms with Gasteiger partial charge in [0.1, 0.15) is 5.60 Å². The van der Waals surface area contributed by atoms with Crippen molar-refractivity contribution in [2.45, 2.75) is 85.2 Å². The Kier molecular flexibility index (Phi) is 5.24.